The molecule has 2 aliphatic carbocycles. The number of rotatable bonds is 7. The lowest BCUT2D eigenvalue weighted by Crippen LogP contribution is -2.37. The van der Waals surface area contributed by atoms with Gasteiger partial charge in [0.25, 0.3) is 0 Å². The quantitative estimate of drug-likeness (QED) is 0.340. The number of halogens is 1. The molecule has 1 saturated carbocycles. The molecule has 2 aromatic rings. The van der Waals surface area contributed by atoms with E-state index in [0.29, 0.717) is 44.8 Å². The molecule has 5 rings (SSSR count). The first kappa shape index (κ1) is 29.0. The number of hydrogen-bond acceptors (Lipinski definition) is 8. The number of ketones is 1. The molecule has 0 aromatic heterocycles. The number of nitrogens with one attached hydrogen (secondary N) is 1. The first-order valence-corrected chi connectivity index (χ1v) is 14.8. The second-order valence-corrected chi connectivity index (χ2v) is 11.7. The highest BCUT2D eigenvalue weighted by atomic mass is 79.9. The molecule has 1 heterocycles. The maximum absolute atomic E-state index is 14.0. The third-order valence-corrected chi connectivity index (χ3v) is 8.96. The molecule has 2 N–H and O–H groups in total. The van der Waals surface area contributed by atoms with Crippen molar-refractivity contribution in [2.24, 2.45) is 0 Å². The van der Waals surface area contributed by atoms with Crippen molar-refractivity contribution in [3.8, 4) is 23.0 Å². The van der Waals surface area contributed by atoms with Gasteiger partial charge in [-0.1, -0.05) is 12.5 Å². The van der Waals surface area contributed by atoms with Crippen molar-refractivity contribution in [3.63, 3.8) is 0 Å². The van der Waals surface area contributed by atoms with Crippen molar-refractivity contribution in [2.75, 3.05) is 21.3 Å². The van der Waals surface area contributed by atoms with Gasteiger partial charge in [-0.3, -0.25) is 4.79 Å². The zero-order valence-corrected chi connectivity index (χ0v) is 25.4. The summed E-state index contributed by atoms with van der Waals surface area (Å²) in [5, 5.41) is 13.9. The molecule has 0 spiro atoms. The van der Waals surface area contributed by atoms with E-state index in [1.54, 1.807) is 26.4 Å². The fourth-order valence-electron chi connectivity index (χ4n) is 6.30. The van der Waals surface area contributed by atoms with Crippen molar-refractivity contribution in [1.29, 1.82) is 0 Å². The van der Waals surface area contributed by atoms with Crippen molar-refractivity contribution in [2.45, 2.75) is 69.8 Å². The zero-order chi connectivity index (χ0) is 29.3. The number of allylic oxidation sites excluding steroid dienone is 3. The number of hydrogen-bond donors (Lipinski definition) is 2. The Morgan fingerprint density at radius 2 is 1.61 bits per heavy atom. The molecule has 0 radical (unpaired) electrons. The fraction of sp³-hybridized carbons (Fsp3) is 0.438. The van der Waals surface area contributed by atoms with Gasteiger partial charge in [-0.25, -0.2) is 4.79 Å². The van der Waals surface area contributed by atoms with Gasteiger partial charge in [0, 0.05) is 29.3 Å². The summed E-state index contributed by atoms with van der Waals surface area (Å²) in [6.45, 7) is 1.85. The van der Waals surface area contributed by atoms with E-state index in [4.69, 9.17) is 18.9 Å². The zero-order valence-electron chi connectivity index (χ0n) is 23.8. The topological polar surface area (TPSA) is 103 Å². The molecular formula is C32H36BrNO7. The van der Waals surface area contributed by atoms with Crippen LogP contribution in [0.3, 0.4) is 0 Å². The predicted molar refractivity (Wildman–Crippen MR) is 157 cm³/mol. The normalized spacial score (nSPS) is 21.2. The van der Waals surface area contributed by atoms with Crippen molar-refractivity contribution in [3.05, 3.63) is 68.5 Å². The number of benzene rings is 2. The van der Waals surface area contributed by atoms with Crippen LogP contribution in [0.2, 0.25) is 0 Å². The molecule has 218 valence electrons. The van der Waals surface area contributed by atoms with Crippen LogP contribution in [0.25, 0.3) is 0 Å². The Morgan fingerprint density at radius 3 is 2.29 bits per heavy atom. The maximum Gasteiger partial charge on any atom is 0.337 e. The summed E-state index contributed by atoms with van der Waals surface area (Å²) in [6, 6.07) is 9.16. The van der Waals surface area contributed by atoms with Crippen LogP contribution in [0, 0.1) is 0 Å². The van der Waals surface area contributed by atoms with Crippen LogP contribution in [-0.4, -0.2) is 44.3 Å². The summed E-state index contributed by atoms with van der Waals surface area (Å²) >= 11 is 3.42. The highest BCUT2D eigenvalue weighted by molar-refractivity contribution is 9.10. The van der Waals surface area contributed by atoms with Crippen LogP contribution in [0.5, 0.6) is 23.0 Å². The summed E-state index contributed by atoms with van der Waals surface area (Å²) in [5.74, 6) is 0.205. The first-order chi connectivity index (χ1) is 19.7. The number of esters is 1. The van der Waals surface area contributed by atoms with Crippen LogP contribution in [0.15, 0.2) is 57.3 Å². The predicted octanol–water partition coefficient (Wildman–Crippen LogP) is 6.42. The minimum Gasteiger partial charge on any atom is -0.503 e. The van der Waals surface area contributed by atoms with Gasteiger partial charge in [-0.05, 0) is 96.3 Å². The maximum atomic E-state index is 14.0. The van der Waals surface area contributed by atoms with E-state index >= 15 is 0 Å². The molecule has 0 unspecified atom stereocenters. The van der Waals surface area contributed by atoms with Gasteiger partial charge >= 0.3 is 5.97 Å². The van der Waals surface area contributed by atoms with Crippen LogP contribution in [-0.2, 0) is 14.3 Å². The number of aromatic hydroxyl groups is 1. The molecule has 9 heteroatoms. The van der Waals surface area contributed by atoms with E-state index in [1.807, 2.05) is 25.1 Å². The largest absolute Gasteiger partial charge is 0.503 e. The third-order valence-electron chi connectivity index (χ3n) is 8.36. The van der Waals surface area contributed by atoms with E-state index in [2.05, 4.69) is 21.2 Å². The Kier molecular flexibility index (Phi) is 8.63. The number of carbonyl (C=O) groups excluding carboxylic acids is 2. The average molecular weight is 627 g/mol. The van der Waals surface area contributed by atoms with Gasteiger partial charge in [0.15, 0.2) is 28.8 Å². The van der Waals surface area contributed by atoms with Crippen LogP contribution in [0.4, 0.5) is 0 Å². The smallest absolute Gasteiger partial charge is 0.337 e. The van der Waals surface area contributed by atoms with E-state index in [1.165, 1.54) is 7.11 Å². The highest BCUT2D eigenvalue weighted by Crippen LogP contribution is 2.49. The van der Waals surface area contributed by atoms with E-state index in [9.17, 15) is 14.7 Å². The minimum atomic E-state index is -0.674. The average Bonchev–Trinajstić information content (AvgIpc) is 2.97. The number of ether oxygens (including phenoxy) is 4. The molecular weight excluding hydrogens is 590 g/mol. The minimum absolute atomic E-state index is 0.0464. The molecule has 0 amide bonds. The molecule has 3 aliphatic rings. The number of phenolic OH excluding ortho intramolecular Hbond substituents is 1. The summed E-state index contributed by atoms with van der Waals surface area (Å²) in [6.07, 6.45) is 5.61. The Hall–Kier alpha value is -3.46. The van der Waals surface area contributed by atoms with Gasteiger partial charge in [-0.15, -0.1) is 0 Å². The van der Waals surface area contributed by atoms with Gasteiger partial charge in [0.2, 0.25) is 0 Å². The van der Waals surface area contributed by atoms with Gasteiger partial charge in [-0.2, -0.15) is 0 Å². The third kappa shape index (κ3) is 5.69. The standard InChI is InChI=1S/C32H36BrNO7/c1-17-28(32(37)41-21-8-6-5-7-9-21)29(20-12-22(33)31(36)27(16-20)40-4)30-23(34-17)13-19(14-24(30)35)18-10-11-25(38-2)26(15-18)39-3/h10-12,15-16,19,21,29,34,36H,5-9,13-14H2,1-4H3/t19-,29-/m0/s1. The number of dihydropyridines is 1. The first-order valence-electron chi connectivity index (χ1n) is 14.0. The molecule has 41 heavy (non-hydrogen) atoms. The van der Waals surface area contributed by atoms with Crippen LogP contribution in [0.1, 0.15) is 74.8 Å². The summed E-state index contributed by atoms with van der Waals surface area (Å²) in [4.78, 5) is 27.8. The highest BCUT2D eigenvalue weighted by Gasteiger charge is 2.42. The Labute approximate surface area is 248 Å². The molecule has 0 bridgehead atoms. The molecule has 8 nitrogen and oxygen atoms in total. The van der Waals surface area contributed by atoms with E-state index in [-0.39, 0.29) is 35.7 Å². The number of methoxy groups -OCH3 is 3. The Balaban J connectivity index is 1.57. The number of phenols is 1. The Bertz CT molecular complexity index is 1420. The summed E-state index contributed by atoms with van der Waals surface area (Å²) < 4.78 is 22.8. The molecule has 2 atom stereocenters. The SMILES string of the molecule is COc1ccc([C@@H]2CC(=O)C3=C(C2)NC(C)=C(C(=O)OC2CCCCC2)[C@@H]3c2cc(Br)c(O)c(OC)c2)cc1OC. The molecule has 1 aliphatic heterocycles. The number of carbonyl (C=O) groups is 2. The van der Waals surface area contributed by atoms with E-state index in [0.717, 1.165) is 43.4 Å². The van der Waals surface area contributed by atoms with Crippen molar-refractivity contribution >= 4 is 27.7 Å². The number of Topliss-reactive ketones (excluding diaryl/α,β-unsaturated/α-hetero) is 1. The lowest BCUT2D eigenvalue weighted by atomic mass is 9.71. The second kappa shape index (κ2) is 12.2. The van der Waals surface area contributed by atoms with Crippen LogP contribution >= 0.6 is 15.9 Å². The Morgan fingerprint density at radius 1 is 0.927 bits per heavy atom. The van der Waals surface area contributed by atoms with Crippen LogP contribution < -0.4 is 19.5 Å². The molecule has 0 saturated heterocycles. The summed E-state index contributed by atoms with van der Waals surface area (Å²) in [5.41, 5.74) is 4.02. The lowest BCUT2D eigenvalue weighted by molar-refractivity contribution is -0.146. The molecule has 1 fully saturated rings. The second-order valence-electron chi connectivity index (χ2n) is 10.9. The van der Waals surface area contributed by atoms with E-state index < -0.39 is 11.9 Å². The molecule has 2 aromatic carbocycles. The summed E-state index contributed by atoms with van der Waals surface area (Å²) in [7, 11) is 4.65. The van der Waals surface area contributed by atoms with Crippen molar-refractivity contribution < 1.29 is 33.6 Å². The van der Waals surface area contributed by atoms with Gasteiger partial charge in [0.05, 0.1) is 31.4 Å². The lowest BCUT2D eigenvalue weighted by Gasteiger charge is -2.37. The monoisotopic (exact) mass is 625 g/mol. The van der Waals surface area contributed by atoms with Gasteiger partial charge < -0.3 is 29.4 Å². The van der Waals surface area contributed by atoms with Crippen molar-refractivity contribution in [1.82, 2.24) is 5.32 Å². The van der Waals surface area contributed by atoms with Gasteiger partial charge in [0.1, 0.15) is 6.10 Å². The fourth-order valence-corrected chi connectivity index (χ4v) is 6.76.